The third-order valence-corrected chi connectivity index (χ3v) is 3.59. The highest BCUT2D eigenvalue weighted by atomic mass is 16.2. The Bertz CT molecular complexity index is 883. The smallest absolute Gasteiger partial charge is 0.320 e. The molecule has 2 heterocycles. The molecule has 0 aliphatic carbocycles. The molecule has 7 heteroatoms. The minimum atomic E-state index is -0.355. The summed E-state index contributed by atoms with van der Waals surface area (Å²) >= 11 is 0. The average molecular weight is 346 g/mol. The third kappa shape index (κ3) is 4.64. The van der Waals surface area contributed by atoms with Crippen molar-refractivity contribution in [2.75, 3.05) is 10.6 Å². The zero-order valence-corrected chi connectivity index (χ0v) is 13.9. The van der Waals surface area contributed by atoms with E-state index in [4.69, 9.17) is 5.41 Å². The lowest BCUT2D eigenvalue weighted by atomic mass is 10.2. The Labute approximate surface area is 151 Å². The minimum absolute atomic E-state index is 0.355. The summed E-state index contributed by atoms with van der Waals surface area (Å²) in [5, 5.41) is 16.2. The van der Waals surface area contributed by atoms with E-state index in [1.54, 1.807) is 24.7 Å². The Balaban J connectivity index is 1.63. The summed E-state index contributed by atoms with van der Waals surface area (Å²) in [6.07, 6.45) is 6.13. The molecule has 0 bridgehead atoms. The number of nitrogens with zero attached hydrogens (tertiary/aromatic N) is 2. The van der Waals surface area contributed by atoms with E-state index in [-0.39, 0.29) is 6.03 Å². The van der Waals surface area contributed by atoms with Gasteiger partial charge in [-0.2, -0.15) is 0 Å². The van der Waals surface area contributed by atoms with Gasteiger partial charge < -0.3 is 16.0 Å². The van der Waals surface area contributed by atoms with Crippen molar-refractivity contribution in [3.05, 3.63) is 78.2 Å². The summed E-state index contributed by atoms with van der Waals surface area (Å²) in [6.45, 7) is 0.422. The number of benzene rings is 1. The second-order valence-corrected chi connectivity index (χ2v) is 5.46. The Morgan fingerprint density at radius 1 is 1.12 bits per heavy atom. The molecule has 0 aliphatic heterocycles. The van der Waals surface area contributed by atoms with Crippen molar-refractivity contribution in [3.8, 4) is 0 Å². The second-order valence-electron chi connectivity index (χ2n) is 5.46. The molecule has 130 valence electrons. The van der Waals surface area contributed by atoms with E-state index < -0.39 is 0 Å². The highest BCUT2D eigenvalue weighted by Crippen LogP contribution is 2.20. The van der Waals surface area contributed by atoms with Crippen LogP contribution in [0.25, 0.3) is 0 Å². The van der Waals surface area contributed by atoms with Crippen LogP contribution in [0.2, 0.25) is 0 Å². The summed E-state index contributed by atoms with van der Waals surface area (Å²) < 4.78 is 0. The number of urea groups is 1. The van der Waals surface area contributed by atoms with Crippen LogP contribution in [0, 0.1) is 5.41 Å². The van der Waals surface area contributed by atoms with Gasteiger partial charge in [0.1, 0.15) is 5.82 Å². The van der Waals surface area contributed by atoms with Gasteiger partial charge in [-0.1, -0.05) is 30.3 Å². The molecule has 7 nitrogen and oxygen atoms in total. The van der Waals surface area contributed by atoms with Gasteiger partial charge >= 0.3 is 6.03 Å². The molecule has 3 rings (SSSR count). The first-order chi connectivity index (χ1) is 12.7. The van der Waals surface area contributed by atoms with Gasteiger partial charge in [0.2, 0.25) is 0 Å². The summed E-state index contributed by atoms with van der Waals surface area (Å²) in [4.78, 5) is 20.2. The van der Waals surface area contributed by atoms with Crippen molar-refractivity contribution in [1.29, 1.82) is 5.41 Å². The van der Waals surface area contributed by atoms with Crippen molar-refractivity contribution in [2.45, 2.75) is 6.54 Å². The van der Waals surface area contributed by atoms with Crippen LogP contribution in [-0.4, -0.2) is 22.2 Å². The van der Waals surface area contributed by atoms with E-state index in [2.05, 4.69) is 25.9 Å². The normalized spacial score (nSPS) is 10.0. The monoisotopic (exact) mass is 346 g/mol. The molecule has 0 saturated heterocycles. The van der Waals surface area contributed by atoms with Gasteiger partial charge in [-0.25, -0.2) is 9.78 Å². The van der Waals surface area contributed by atoms with Crippen LogP contribution in [0.5, 0.6) is 0 Å². The highest BCUT2D eigenvalue weighted by Gasteiger charge is 2.07. The van der Waals surface area contributed by atoms with Gasteiger partial charge in [0.25, 0.3) is 0 Å². The first-order valence-electron chi connectivity index (χ1n) is 8.01. The lowest BCUT2D eigenvalue weighted by molar-refractivity contribution is 0.251. The molecule has 4 N–H and O–H groups in total. The molecule has 0 aliphatic rings. The van der Waals surface area contributed by atoms with Crippen molar-refractivity contribution in [3.63, 3.8) is 0 Å². The first kappa shape index (κ1) is 17.1. The van der Waals surface area contributed by atoms with Crippen molar-refractivity contribution in [1.82, 2.24) is 15.3 Å². The number of pyridine rings is 2. The molecule has 0 fully saturated rings. The van der Waals surface area contributed by atoms with Crippen molar-refractivity contribution in [2.24, 2.45) is 0 Å². The van der Waals surface area contributed by atoms with E-state index in [0.717, 1.165) is 11.3 Å². The van der Waals surface area contributed by atoms with Crippen LogP contribution in [0.15, 0.2) is 67.1 Å². The molecule has 0 saturated carbocycles. The van der Waals surface area contributed by atoms with E-state index in [0.29, 0.717) is 23.6 Å². The number of carbonyl (C=O) groups is 1. The molecule has 0 atom stereocenters. The van der Waals surface area contributed by atoms with E-state index in [9.17, 15) is 4.79 Å². The van der Waals surface area contributed by atoms with Crippen LogP contribution in [0.1, 0.15) is 11.1 Å². The quantitative estimate of drug-likeness (QED) is 0.513. The fourth-order valence-electron chi connectivity index (χ4n) is 2.29. The molecule has 0 radical (unpaired) electrons. The fourth-order valence-corrected chi connectivity index (χ4v) is 2.29. The SMILES string of the molecule is N=Cc1cc(NC(=O)NCc2ccccc2)ncc1Nc1ccncc1. The van der Waals surface area contributed by atoms with Crippen molar-refractivity contribution >= 4 is 29.4 Å². The number of anilines is 3. The van der Waals surface area contributed by atoms with E-state index >= 15 is 0 Å². The number of aromatic nitrogens is 2. The van der Waals surface area contributed by atoms with Gasteiger partial charge in [-0.3, -0.25) is 10.3 Å². The Morgan fingerprint density at radius 2 is 1.88 bits per heavy atom. The number of hydrogen-bond donors (Lipinski definition) is 4. The molecular weight excluding hydrogens is 328 g/mol. The first-order valence-corrected chi connectivity index (χ1v) is 8.01. The molecule has 0 spiro atoms. The van der Waals surface area contributed by atoms with Gasteiger partial charge in [-0.15, -0.1) is 0 Å². The standard InChI is InChI=1S/C19H18N6O/c20-11-15-10-18(22-13-17(15)24-16-6-8-21-9-7-16)25-19(26)23-12-14-4-2-1-3-5-14/h1-11,13,20H,12H2,(H,21,24)(H2,22,23,25,26). The topological polar surface area (TPSA) is 103 Å². The predicted octanol–water partition coefficient (Wildman–Crippen LogP) is 3.54. The van der Waals surface area contributed by atoms with Crippen LogP contribution in [0.4, 0.5) is 22.0 Å². The number of hydrogen-bond acceptors (Lipinski definition) is 5. The van der Waals surface area contributed by atoms with Gasteiger partial charge in [0.15, 0.2) is 0 Å². The maximum Gasteiger partial charge on any atom is 0.320 e. The summed E-state index contributed by atoms with van der Waals surface area (Å²) in [5.41, 5.74) is 3.12. The number of carbonyl (C=O) groups excluding carboxylic acids is 1. The van der Waals surface area contributed by atoms with Crippen LogP contribution >= 0.6 is 0 Å². The van der Waals surface area contributed by atoms with E-state index in [1.807, 2.05) is 42.5 Å². The zero-order valence-electron chi connectivity index (χ0n) is 13.9. The van der Waals surface area contributed by atoms with Crippen LogP contribution in [-0.2, 0) is 6.54 Å². The minimum Gasteiger partial charge on any atom is -0.354 e. The molecule has 1 aromatic carbocycles. The second kappa shape index (κ2) is 8.39. The van der Waals surface area contributed by atoms with Crippen LogP contribution < -0.4 is 16.0 Å². The molecule has 26 heavy (non-hydrogen) atoms. The van der Waals surface area contributed by atoms with Gasteiger partial charge in [-0.05, 0) is 23.8 Å². The number of nitrogens with one attached hydrogen (secondary N) is 4. The molecular formula is C19H18N6O. The Hall–Kier alpha value is -3.74. The largest absolute Gasteiger partial charge is 0.354 e. The summed E-state index contributed by atoms with van der Waals surface area (Å²) in [5.74, 6) is 0.370. The Kier molecular flexibility index (Phi) is 5.51. The van der Waals surface area contributed by atoms with Crippen molar-refractivity contribution < 1.29 is 4.79 Å². The molecule has 2 aromatic heterocycles. The maximum atomic E-state index is 12.0. The van der Waals surface area contributed by atoms with Gasteiger partial charge in [0.05, 0.1) is 11.9 Å². The lowest BCUT2D eigenvalue weighted by Gasteiger charge is -2.11. The van der Waals surface area contributed by atoms with Gasteiger partial charge in [0, 0.05) is 36.4 Å². The highest BCUT2D eigenvalue weighted by molar-refractivity contribution is 5.92. The fraction of sp³-hybridized carbons (Fsp3) is 0.0526. The lowest BCUT2D eigenvalue weighted by Crippen LogP contribution is -2.28. The number of rotatable bonds is 6. The summed E-state index contributed by atoms with van der Waals surface area (Å²) in [6, 6.07) is 14.5. The third-order valence-electron chi connectivity index (χ3n) is 3.59. The number of amides is 2. The summed E-state index contributed by atoms with van der Waals surface area (Å²) in [7, 11) is 0. The predicted molar refractivity (Wildman–Crippen MR) is 102 cm³/mol. The Morgan fingerprint density at radius 3 is 2.62 bits per heavy atom. The molecule has 2 amide bonds. The zero-order chi connectivity index (χ0) is 18.2. The molecule has 0 unspecified atom stereocenters. The average Bonchev–Trinajstić information content (AvgIpc) is 2.69. The molecule has 3 aromatic rings. The van der Waals surface area contributed by atoms with E-state index in [1.165, 1.54) is 6.21 Å². The van der Waals surface area contributed by atoms with Crippen LogP contribution in [0.3, 0.4) is 0 Å². The maximum absolute atomic E-state index is 12.0.